The van der Waals surface area contributed by atoms with E-state index in [0.29, 0.717) is 0 Å². The zero-order chi connectivity index (χ0) is 8.67. The summed E-state index contributed by atoms with van der Waals surface area (Å²) in [5, 5.41) is 2.61. The Morgan fingerprint density at radius 1 is 0.600 bits per heavy atom. The minimum Gasteiger partial charge on any atom is -0.355 e. The van der Waals surface area contributed by atoms with Gasteiger partial charge in [-0.2, -0.15) is 0 Å². The van der Waals surface area contributed by atoms with E-state index >= 15 is 0 Å². The molecule has 78 valence electrons. The normalized spacial score (nSPS) is 9.60. The van der Waals surface area contributed by atoms with E-state index in [9.17, 15) is 0 Å². The molecule has 0 fully saturated rings. The van der Waals surface area contributed by atoms with E-state index in [4.69, 9.17) is 0 Å². The Morgan fingerprint density at radius 3 is 1.47 bits per heavy atom. The molecule has 0 aliphatic heterocycles. The van der Waals surface area contributed by atoms with Crippen molar-refractivity contribution in [2.45, 2.75) is 0 Å². The first-order valence-electron chi connectivity index (χ1n) is 4.40. The molecule has 0 aliphatic rings. The molecule has 3 aromatic rings. The summed E-state index contributed by atoms with van der Waals surface area (Å²) < 4.78 is 0. The number of H-pyrrole nitrogens is 1. The third-order valence-electron chi connectivity index (χ3n) is 2.41. The Hall–Kier alpha value is -1.18. The number of rotatable bonds is 0. The largest absolute Gasteiger partial charge is 0.355 e. The van der Waals surface area contributed by atoms with Crippen LogP contribution in [0.3, 0.4) is 0 Å². The molecule has 0 saturated carbocycles. The molecule has 3 heteroatoms. The number of benzene rings is 2. The fraction of sp³-hybridized carbons (Fsp3) is 0. The number of fused-ring (bicyclic) bond motifs is 3. The minimum atomic E-state index is 0. The Labute approximate surface area is 100 Å². The van der Waals surface area contributed by atoms with Gasteiger partial charge in [0.1, 0.15) is 0 Å². The molecule has 0 saturated heterocycles. The van der Waals surface area contributed by atoms with Crippen molar-refractivity contribution < 1.29 is 0 Å². The summed E-state index contributed by atoms with van der Waals surface area (Å²) in [7, 11) is 0. The average Bonchev–Trinajstić information content (AvgIpc) is 2.56. The maximum atomic E-state index is 3.38. The van der Waals surface area contributed by atoms with Gasteiger partial charge in [0.25, 0.3) is 0 Å². The maximum absolute atomic E-state index is 3.38. The summed E-state index contributed by atoms with van der Waals surface area (Å²) in [5.74, 6) is 0. The van der Waals surface area contributed by atoms with Crippen LogP contribution in [0.1, 0.15) is 0 Å². The SMILES string of the molecule is Cl.Cl.c1ccc2c(c1)[nH]c1ccccc12. The van der Waals surface area contributed by atoms with Gasteiger partial charge < -0.3 is 4.98 Å². The number of halogens is 2. The van der Waals surface area contributed by atoms with Gasteiger partial charge in [0.05, 0.1) is 0 Å². The molecule has 2 aromatic carbocycles. The van der Waals surface area contributed by atoms with Crippen LogP contribution in [-0.4, -0.2) is 4.98 Å². The standard InChI is InChI=1S/C12H9N.2ClH/c1-3-7-11-9(5-1)10-6-2-4-8-12(10)13-11;;/h1-8,13H;2*1H. The predicted octanol–water partition coefficient (Wildman–Crippen LogP) is 4.16. The third-order valence-corrected chi connectivity index (χ3v) is 2.41. The third kappa shape index (κ3) is 1.81. The molecule has 1 N–H and O–H groups in total. The zero-order valence-corrected chi connectivity index (χ0v) is 9.57. The molecule has 1 nitrogen and oxygen atoms in total. The highest BCUT2D eigenvalue weighted by molar-refractivity contribution is 6.06. The quantitative estimate of drug-likeness (QED) is 0.607. The minimum absolute atomic E-state index is 0. The lowest BCUT2D eigenvalue weighted by molar-refractivity contribution is 1.55. The molecular weight excluding hydrogens is 229 g/mol. The number of aromatic nitrogens is 1. The van der Waals surface area contributed by atoms with Crippen molar-refractivity contribution in [3.8, 4) is 0 Å². The van der Waals surface area contributed by atoms with Crippen molar-refractivity contribution in [3.05, 3.63) is 48.5 Å². The predicted molar refractivity (Wildman–Crippen MR) is 70.3 cm³/mol. The van der Waals surface area contributed by atoms with Crippen molar-refractivity contribution >= 4 is 46.6 Å². The van der Waals surface area contributed by atoms with E-state index in [1.165, 1.54) is 21.8 Å². The van der Waals surface area contributed by atoms with E-state index in [2.05, 4.69) is 53.5 Å². The fourth-order valence-corrected chi connectivity index (χ4v) is 1.80. The summed E-state index contributed by atoms with van der Waals surface area (Å²) in [5.41, 5.74) is 2.42. The fourth-order valence-electron chi connectivity index (χ4n) is 1.80. The second-order valence-electron chi connectivity index (χ2n) is 3.22. The molecule has 1 aromatic heterocycles. The Kier molecular flexibility index (Phi) is 3.61. The van der Waals surface area contributed by atoms with E-state index in [0.717, 1.165) is 0 Å². The van der Waals surface area contributed by atoms with Gasteiger partial charge in [0.15, 0.2) is 0 Å². The topological polar surface area (TPSA) is 15.8 Å². The van der Waals surface area contributed by atoms with Crippen molar-refractivity contribution in [1.82, 2.24) is 4.98 Å². The van der Waals surface area contributed by atoms with Crippen LogP contribution >= 0.6 is 24.8 Å². The van der Waals surface area contributed by atoms with Gasteiger partial charge in [-0.05, 0) is 12.1 Å². The highest BCUT2D eigenvalue weighted by atomic mass is 35.5. The molecule has 0 spiro atoms. The first-order chi connectivity index (χ1) is 6.45. The van der Waals surface area contributed by atoms with Gasteiger partial charge in [-0.15, -0.1) is 24.8 Å². The number of hydrogen-bond acceptors (Lipinski definition) is 0. The molecule has 0 bridgehead atoms. The van der Waals surface area contributed by atoms with Gasteiger partial charge in [0, 0.05) is 21.8 Å². The van der Waals surface area contributed by atoms with Crippen LogP contribution in [0.5, 0.6) is 0 Å². The van der Waals surface area contributed by atoms with E-state index in [1.807, 2.05) is 0 Å². The molecule has 0 radical (unpaired) electrons. The van der Waals surface area contributed by atoms with E-state index < -0.39 is 0 Å². The van der Waals surface area contributed by atoms with Gasteiger partial charge in [-0.3, -0.25) is 0 Å². The molecule has 15 heavy (non-hydrogen) atoms. The summed E-state index contributed by atoms with van der Waals surface area (Å²) in [6.07, 6.45) is 0. The average molecular weight is 240 g/mol. The van der Waals surface area contributed by atoms with Crippen molar-refractivity contribution in [2.24, 2.45) is 0 Å². The van der Waals surface area contributed by atoms with Crippen molar-refractivity contribution in [3.63, 3.8) is 0 Å². The molecule has 0 aliphatic carbocycles. The second kappa shape index (κ2) is 4.56. The van der Waals surface area contributed by atoms with Crippen LogP contribution in [0.4, 0.5) is 0 Å². The molecule has 0 atom stereocenters. The van der Waals surface area contributed by atoms with Crippen LogP contribution in [0.15, 0.2) is 48.5 Å². The maximum Gasteiger partial charge on any atom is 0.0464 e. The van der Waals surface area contributed by atoms with E-state index in [-0.39, 0.29) is 24.8 Å². The number of nitrogens with one attached hydrogen (secondary N) is 1. The molecular formula is C12H11Cl2N. The monoisotopic (exact) mass is 239 g/mol. The van der Waals surface area contributed by atoms with Crippen LogP contribution in [-0.2, 0) is 0 Å². The highest BCUT2D eigenvalue weighted by Gasteiger charge is 2.00. The number of para-hydroxylation sites is 2. The Balaban J connectivity index is 0.000000562. The van der Waals surface area contributed by atoms with Gasteiger partial charge in [0.2, 0.25) is 0 Å². The van der Waals surface area contributed by atoms with Crippen LogP contribution in [0.2, 0.25) is 0 Å². The van der Waals surface area contributed by atoms with Crippen LogP contribution < -0.4 is 0 Å². The highest BCUT2D eigenvalue weighted by Crippen LogP contribution is 2.24. The Morgan fingerprint density at radius 2 is 1.00 bits per heavy atom. The number of aromatic amines is 1. The van der Waals surface area contributed by atoms with Crippen molar-refractivity contribution in [1.29, 1.82) is 0 Å². The van der Waals surface area contributed by atoms with Gasteiger partial charge in [-0.1, -0.05) is 36.4 Å². The van der Waals surface area contributed by atoms with Gasteiger partial charge in [-0.25, -0.2) is 0 Å². The summed E-state index contributed by atoms with van der Waals surface area (Å²) in [6, 6.07) is 16.8. The summed E-state index contributed by atoms with van der Waals surface area (Å²) in [4.78, 5) is 3.38. The van der Waals surface area contributed by atoms with Crippen LogP contribution in [0, 0.1) is 0 Å². The van der Waals surface area contributed by atoms with Crippen LogP contribution in [0.25, 0.3) is 21.8 Å². The van der Waals surface area contributed by atoms with Crippen molar-refractivity contribution in [2.75, 3.05) is 0 Å². The van der Waals surface area contributed by atoms with Gasteiger partial charge >= 0.3 is 0 Å². The molecule has 0 unspecified atom stereocenters. The summed E-state index contributed by atoms with van der Waals surface area (Å²) in [6.45, 7) is 0. The lowest BCUT2D eigenvalue weighted by Gasteiger charge is -1.87. The lowest BCUT2D eigenvalue weighted by Crippen LogP contribution is -1.62. The molecule has 0 amide bonds. The first kappa shape index (κ1) is 11.9. The molecule has 1 heterocycles. The zero-order valence-electron chi connectivity index (χ0n) is 7.94. The number of hydrogen-bond donors (Lipinski definition) is 1. The Bertz CT molecular complexity index is 521. The lowest BCUT2D eigenvalue weighted by atomic mass is 10.2. The summed E-state index contributed by atoms with van der Waals surface area (Å²) >= 11 is 0. The first-order valence-corrected chi connectivity index (χ1v) is 4.40. The second-order valence-corrected chi connectivity index (χ2v) is 3.22. The molecule has 3 rings (SSSR count). The smallest absolute Gasteiger partial charge is 0.0464 e. The van der Waals surface area contributed by atoms with E-state index in [1.54, 1.807) is 0 Å².